The Bertz CT molecular complexity index is 1040. The van der Waals surface area contributed by atoms with Gasteiger partial charge in [0.05, 0.1) is 17.9 Å². The monoisotopic (exact) mass is 369 g/mol. The van der Waals surface area contributed by atoms with E-state index in [1.165, 1.54) is 30.5 Å². The first-order valence-electron chi connectivity index (χ1n) is 8.27. The smallest absolute Gasteiger partial charge is 0.313 e. The molecule has 2 amide bonds. The second-order valence-electron chi connectivity index (χ2n) is 6.19. The fraction of sp³-hybridized carbons (Fsp3) is 0.150. The van der Waals surface area contributed by atoms with E-state index < -0.39 is 23.7 Å². The summed E-state index contributed by atoms with van der Waals surface area (Å²) >= 11 is 0. The van der Waals surface area contributed by atoms with Crippen LogP contribution in [0.5, 0.6) is 0 Å². The SMILES string of the molecule is Cc1cc([C@@H](C)NC(=O)C(=O)Nc2cnc3c(F)cccc3c2)ccc1F. The second-order valence-corrected chi connectivity index (χ2v) is 6.19. The van der Waals surface area contributed by atoms with Crippen molar-refractivity contribution in [1.82, 2.24) is 10.3 Å². The van der Waals surface area contributed by atoms with Gasteiger partial charge in [-0.2, -0.15) is 0 Å². The van der Waals surface area contributed by atoms with Crippen LogP contribution in [0.1, 0.15) is 24.1 Å². The number of para-hydroxylation sites is 1. The number of carbonyl (C=O) groups excluding carboxylic acids is 2. The molecule has 0 unspecified atom stereocenters. The van der Waals surface area contributed by atoms with E-state index in [1.54, 1.807) is 32.0 Å². The van der Waals surface area contributed by atoms with Crippen LogP contribution in [0.4, 0.5) is 14.5 Å². The van der Waals surface area contributed by atoms with Crippen molar-refractivity contribution in [2.45, 2.75) is 19.9 Å². The Morgan fingerprint density at radius 1 is 1.04 bits per heavy atom. The minimum Gasteiger partial charge on any atom is -0.341 e. The Labute approximate surface area is 154 Å². The second kappa shape index (κ2) is 7.49. The Kier molecular flexibility index (Phi) is 5.12. The number of rotatable bonds is 3. The van der Waals surface area contributed by atoms with Crippen molar-refractivity contribution in [3.05, 3.63) is 71.4 Å². The predicted molar refractivity (Wildman–Crippen MR) is 98.0 cm³/mol. The van der Waals surface area contributed by atoms with Crippen molar-refractivity contribution in [2.75, 3.05) is 5.32 Å². The Balaban J connectivity index is 1.68. The average Bonchev–Trinajstić information content (AvgIpc) is 2.64. The molecule has 0 bridgehead atoms. The van der Waals surface area contributed by atoms with Gasteiger partial charge in [-0.1, -0.05) is 24.3 Å². The summed E-state index contributed by atoms with van der Waals surface area (Å²) in [6.07, 6.45) is 1.28. The molecule has 3 rings (SSSR count). The number of nitrogens with one attached hydrogen (secondary N) is 2. The van der Waals surface area contributed by atoms with Crippen LogP contribution in [0, 0.1) is 18.6 Å². The molecule has 1 heterocycles. The topological polar surface area (TPSA) is 71.1 Å². The zero-order chi connectivity index (χ0) is 19.6. The number of benzene rings is 2. The van der Waals surface area contributed by atoms with E-state index in [4.69, 9.17) is 0 Å². The number of carbonyl (C=O) groups is 2. The fourth-order valence-corrected chi connectivity index (χ4v) is 2.66. The molecule has 2 aromatic carbocycles. The van der Waals surface area contributed by atoms with E-state index in [0.29, 0.717) is 16.5 Å². The van der Waals surface area contributed by atoms with E-state index in [0.717, 1.165) is 0 Å². The van der Waals surface area contributed by atoms with Crippen molar-refractivity contribution < 1.29 is 18.4 Å². The third-order valence-corrected chi connectivity index (χ3v) is 4.16. The molecule has 0 saturated heterocycles. The van der Waals surface area contributed by atoms with Crippen LogP contribution in [0.2, 0.25) is 0 Å². The highest BCUT2D eigenvalue weighted by Gasteiger charge is 2.18. The van der Waals surface area contributed by atoms with Crippen molar-refractivity contribution in [3.63, 3.8) is 0 Å². The number of fused-ring (bicyclic) bond motifs is 1. The summed E-state index contributed by atoms with van der Waals surface area (Å²) in [5, 5.41) is 5.49. The van der Waals surface area contributed by atoms with E-state index in [1.807, 2.05) is 0 Å². The van der Waals surface area contributed by atoms with Gasteiger partial charge < -0.3 is 10.6 Å². The lowest BCUT2D eigenvalue weighted by Gasteiger charge is -2.15. The number of nitrogens with zero attached hydrogens (tertiary/aromatic N) is 1. The maximum atomic E-state index is 13.6. The highest BCUT2D eigenvalue weighted by molar-refractivity contribution is 6.39. The molecule has 0 aliphatic carbocycles. The van der Waals surface area contributed by atoms with Crippen LogP contribution in [-0.4, -0.2) is 16.8 Å². The number of halogens is 2. The van der Waals surface area contributed by atoms with Crippen molar-refractivity contribution in [1.29, 1.82) is 0 Å². The molecule has 2 N–H and O–H groups in total. The van der Waals surface area contributed by atoms with E-state index in [9.17, 15) is 18.4 Å². The molecule has 0 spiro atoms. The van der Waals surface area contributed by atoms with Crippen LogP contribution < -0.4 is 10.6 Å². The van der Waals surface area contributed by atoms with Gasteiger partial charge in [-0.15, -0.1) is 0 Å². The summed E-state index contributed by atoms with van der Waals surface area (Å²) < 4.78 is 27.0. The summed E-state index contributed by atoms with van der Waals surface area (Å²) in [6.45, 7) is 3.31. The summed E-state index contributed by atoms with van der Waals surface area (Å²) in [5.41, 5.74) is 1.59. The molecule has 0 fully saturated rings. The Hall–Kier alpha value is -3.35. The summed E-state index contributed by atoms with van der Waals surface area (Å²) in [7, 11) is 0. The molecule has 138 valence electrons. The lowest BCUT2D eigenvalue weighted by molar-refractivity contribution is -0.136. The van der Waals surface area contributed by atoms with Gasteiger partial charge in [0.2, 0.25) is 0 Å². The molecule has 1 atom stereocenters. The van der Waals surface area contributed by atoms with Gasteiger partial charge in [0, 0.05) is 5.39 Å². The van der Waals surface area contributed by atoms with Gasteiger partial charge in [0.1, 0.15) is 17.2 Å². The third-order valence-electron chi connectivity index (χ3n) is 4.16. The number of aryl methyl sites for hydroxylation is 1. The maximum Gasteiger partial charge on any atom is 0.313 e. The number of hydrogen-bond acceptors (Lipinski definition) is 3. The number of aromatic nitrogens is 1. The van der Waals surface area contributed by atoms with Gasteiger partial charge in [0.25, 0.3) is 0 Å². The van der Waals surface area contributed by atoms with Crippen LogP contribution in [0.25, 0.3) is 10.9 Å². The average molecular weight is 369 g/mol. The van der Waals surface area contributed by atoms with Gasteiger partial charge >= 0.3 is 11.8 Å². The molecular formula is C20H17F2N3O2. The van der Waals surface area contributed by atoms with Crippen LogP contribution in [0.15, 0.2) is 48.7 Å². The molecule has 0 radical (unpaired) electrons. The molecule has 0 saturated carbocycles. The molecule has 27 heavy (non-hydrogen) atoms. The van der Waals surface area contributed by atoms with Crippen molar-refractivity contribution in [3.8, 4) is 0 Å². The maximum absolute atomic E-state index is 13.6. The quantitative estimate of drug-likeness (QED) is 0.693. The first-order valence-corrected chi connectivity index (χ1v) is 8.27. The van der Waals surface area contributed by atoms with Gasteiger partial charge in [-0.05, 0) is 43.2 Å². The number of hydrogen-bond donors (Lipinski definition) is 2. The Morgan fingerprint density at radius 3 is 2.56 bits per heavy atom. The largest absolute Gasteiger partial charge is 0.341 e. The first-order chi connectivity index (χ1) is 12.8. The van der Waals surface area contributed by atoms with Crippen LogP contribution in [-0.2, 0) is 9.59 Å². The number of pyridine rings is 1. The molecular weight excluding hydrogens is 352 g/mol. The van der Waals surface area contributed by atoms with Gasteiger partial charge in [-0.25, -0.2) is 8.78 Å². The van der Waals surface area contributed by atoms with E-state index in [-0.39, 0.29) is 17.0 Å². The summed E-state index contributed by atoms with van der Waals surface area (Å²) in [4.78, 5) is 28.2. The summed E-state index contributed by atoms with van der Waals surface area (Å²) in [6, 6.07) is 10.00. The Morgan fingerprint density at radius 2 is 1.81 bits per heavy atom. The van der Waals surface area contributed by atoms with Crippen LogP contribution >= 0.6 is 0 Å². The first kappa shape index (κ1) is 18.4. The zero-order valence-corrected chi connectivity index (χ0v) is 14.7. The van der Waals surface area contributed by atoms with Gasteiger partial charge in [0.15, 0.2) is 0 Å². The fourth-order valence-electron chi connectivity index (χ4n) is 2.66. The lowest BCUT2D eigenvalue weighted by Crippen LogP contribution is -2.37. The molecule has 1 aromatic heterocycles. The van der Waals surface area contributed by atoms with Gasteiger partial charge in [-0.3, -0.25) is 14.6 Å². The highest BCUT2D eigenvalue weighted by atomic mass is 19.1. The minimum absolute atomic E-state index is 0.181. The number of amides is 2. The molecule has 0 aliphatic heterocycles. The minimum atomic E-state index is -0.877. The molecule has 3 aromatic rings. The summed E-state index contributed by atoms with van der Waals surface area (Å²) in [5.74, 6) is -2.52. The van der Waals surface area contributed by atoms with Crippen molar-refractivity contribution >= 4 is 28.4 Å². The molecule has 5 nitrogen and oxygen atoms in total. The standard InChI is InChI=1S/C20H17F2N3O2/c1-11-8-13(6-7-16(11)21)12(2)24-19(26)20(27)25-15-9-14-4-3-5-17(22)18(14)23-10-15/h3-10,12H,1-2H3,(H,24,26)(H,25,27)/t12-/m1/s1. The molecule has 7 heteroatoms. The zero-order valence-electron chi connectivity index (χ0n) is 14.7. The number of anilines is 1. The normalized spacial score (nSPS) is 11.9. The highest BCUT2D eigenvalue weighted by Crippen LogP contribution is 2.19. The molecule has 0 aliphatic rings. The van der Waals surface area contributed by atoms with Crippen LogP contribution in [0.3, 0.4) is 0 Å². The predicted octanol–water partition coefficient (Wildman–Crippen LogP) is 3.64. The lowest BCUT2D eigenvalue weighted by atomic mass is 10.1. The van der Waals surface area contributed by atoms with Crippen molar-refractivity contribution in [2.24, 2.45) is 0 Å². The van der Waals surface area contributed by atoms with E-state index >= 15 is 0 Å². The third kappa shape index (κ3) is 4.08. The van der Waals surface area contributed by atoms with E-state index in [2.05, 4.69) is 15.6 Å².